The van der Waals surface area contributed by atoms with Crippen LogP contribution < -0.4 is 4.90 Å². The molecule has 0 amide bonds. The van der Waals surface area contributed by atoms with Gasteiger partial charge in [0.05, 0.1) is 24.5 Å². The van der Waals surface area contributed by atoms with Crippen molar-refractivity contribution in [2.75, 3.05) is 70.2 Å². The molecule has 6 heterocycles. The number of rotatable bonds is 10. The smallest absolute Gasteiger partial charge is 0.178 e. The molecule has 3 aliphatic rings. The van der Waals surface area contributed by atoms with Crippen LogP contribution in [-0.2, 0) is 23.1 Å². The summed E-state index contributed by atoms with van der Waals surface area (Å²) in [5.74, 6) is 0.806. The van der Waals surface area contributed by atoms with E-state index < -0.39 is 0 Å². The van der Waals surface area contributed by atoms with Gasteiger partial charge in [-0.05, 0) is 67.3 Å². The molecule has 46 heavy (non-hydrogen) atoms. The van der Waals surface area contributed by atoms with Crippen LogP contribution in [0.4, 0.5) is 5.69 Å². The van der Waals surface area contributed by atoms with Crippen molar-refractivity contribution in [3.8, 4) is 6.07 Å². The minimum absolute atomic E-state index is 0.106. The molecule has 10 nitrogen and oxygen atoms in total. The van der Waals surface area contributed by atoms with E-state index in [-0.39, 0.29) is 5.41 Å². The molecule has 0 saturated carbocycles. The standard InChI is InChI=1S/C35H45N9OS/c1-46-31-6-4-29(5-7-31)35(10-13-36)11-15-42(16-12-35)32-3-2-14-44-34(32)38-33(39-44)25-28-26-37-43(27-28)22-19-40-17-20-41(21-18-40)30-8-23-45-24-9-30/h2-7,14,26-27,30H,8-12,15-25H2,1H3. The predicted octanol–water partition coefficient (Wildman–Crippen LogP) is 4.49. The predicted molar refractivity (Wildman–Crippen MR) is 181 cm³/mol. The second-order valence-electron chi connectivity index (χ2n) is 13.0. The van der Waals surface area contributed by atoms with Crippen molar-refractivity contribution >= 4 is 23.1 Å². The zero-order valence-electron chi connectivity index (χ0n) is 26.9. The zero-order valence-corrected chi connectivity index (χ0v) is 27.7. The summed E-state index contributed by atoms with van der Waals surface area (Å²) in [5, 5.41) is 19.2. The highest BCUT2D eigenvalue weighted by Gasteiger charge is 2.37. The first kappa shape index (κ1) is 31.2. The van der Waals surface area contributed by atoms with E-state index in [0.29, 0.717) is 18.9 Å². The van der Waals surface area contributed by atoms with Crippen LogP contribution >= 0.6 is 11.8 Å². The highest BCUT2D eigenvalue weighted by atomic mass is 32.2. The van der Waals surface area contributed by atoms with Gasteiger partial charge in [0.1, 0.15) is 0 Å². The number of aromatic nitrogens is 5. The Morgan fingerprint density at radius 2 is 1.78 bits per heavy atom. The summed E-state index contributed by atoms with van der Waals surface area (Å²) in [4.78, 5) is 13.9. The van der Waals surface area contributed by atoms with Gasteiger partial charge in [-0.2, -0.15) is 15.5 Å². The number of hydrogen-bond acceptors (Lipinski definition) is 9. The molecule has 0 aliphatic carbocycles. The average Bonchev–Trinajstić information content (AvgIpc) is 3.75. The van der Waals surface area contributed by atoms with Gasteiger partial charge in [-0.15, -0.1) is 11.8 Å². The molecular weight excluding hydrogens is 595 g/mol. The van der Waals surface area contributed by atoms with Crippen molar-refractivity contribution < 1.29 is 4.74 Å². The maximum atomic E-state index is 9.73. The van der Waals surface area contributed by atoms with Gasteiger partial charge in [-0.25, -0.2) is 9.50 Å². The number of fused-ring (bicyclic) bond motifs is 1. The summed E-state index contributed by atoms with van der Waals surface area (Å²) in [6, 6.07) is 16.2. The van der Waals surface area contributed by atoms with Gasteiger partial charge >= 0.3 is 0 Å². The molecule has 1 aromatic carbocycles. The summed E-state index contributed by atoms with van der Waals surface area (Å²) in [6.07, 6.45) is 13.6. The number of hydrogen-bond donors (Lipinski definition) is 0. The van der Waals surface area contributed by atoms with Crippen molar-refractivity contribution in [3.63, 3.8) is 0 Å². The summed E-state index contributed by atoms with van der Waals surface area (Å²) >= 11 is 1.75. The van der Waals surface area contributed by atoms with Gasteiger partial charge < -0.3 is 9.64 Å². The van der Waals surface area contributed by atoms with Crippen molar-refractivity contribution in [1.82, 2.24) is 34.2 Å². The highest BCUT2D eigenvalue weighted by molar-refractivity contribution is 7.98. The lowest BCUT2D eigenvalue weighted by Crippen LogP contribution is -2.52. The molecule has 3 fully saturated rings. The molecule has 0 radical (unpaired) electrons. The minimum atomic E-state index is -0.106. The number of piperazine rings is 1. The Labute approximate surface area is 276 Å². The largest absolute Gasteiger partial charge is 0.381 e. The minimum Gasteiger partial charge on any atom is -0.381 e. The van der Waals surface area contributed by atoms with Crippen LogP contribution in [0.5, 0.6) is 0 Å². The van der Waals surface area contributed by atoms with E-state index in [4.69, 9.17) is 14.8 Å². The molecule has 0 spiro atoms. The number of nitriles is 1. The van der Waals surface area contributed by atoms with Crippen molar-refractivity contribution in [1.29, 1.82) is 5.26 Å². The van der Waals surface area contributed by atoms with Gasteiger partial charge in [0, 0.05) is 101 Å². The van der Waals surface area contributed by atoms with Crippen LogP contribution in [0.25, 0.3) is 5.65 Å². The van der Waals surface area contributed by atoms with Gasteiger partial charge in [-0.3, -0.25) is 14.5 Å². The summed E-state index contributed by atoms with van der Waals surface area (Å²) in [7, 11) is 0. The summed E-state index contributed by atoms with van der Waals surface area (Å²) in [5.41, 5.74) is 4.31. The second-order valence-corrected chi connectivity index (χ2v) is 13.9. The van der Waals surface area contributed by atoms with Gasteiger partial charge in [0.2, 0.25) is 0 Å². The third kappa shape index (κ3) is 6.81. The first-order valence-corrected chi connectivity index (χ1v) is 18.0. The molecule has 0 atom stereocenters. The maximum Gasteiger partial charge on any atom is 0.178 e. The number of ether oxygens (including phenoxy) is 1. The molecule has 3 aliphatic heterocycles. The SMILES string of the molecule is CSc1ccc(C2(CC#N)CCN(c3cccn4nc(Cc5cnn(CCN6CCN(C7CCOCC7)CC6)c5)nc34)CC2)cc1. The molecule has 242 valence electrons. The van der Waals surface area contributed by atoms with E-state index in [1.54, 1.807) is 11.8 Å². The zero-order chi connectivity index (χ0) is 31.3. The molecule has 3 saturated heterocycles. The number of thioether (sulfide) groups is 1. The van der Waals surface area contributed by atoms with Gasteiger partial charge in [0.25, 0.3) is 0 Å². The number of pyridine rings is 1. The fourth-order valence-corrected chi connectivity index (χ4v) is 7.95. The fourth-order valence-electron chi connectivity index (χ4n) is 7.55. The molecule has 0 N–H and O–H groups in total. The fraction of sp³-hybridized carbons (Fsp3) is 0.543. The molecule has 0 unspecified atom stereocenters. The Kier molecular flexibility index (Phi) is 9.58. The van der Waals surface area contributed by atoms with Crippen molar-refractivity contribution in [2.45, 2.75) is 61.4 Å². The van der Waals surface area contributed by atoms with Gasteiger partial charge in [-0.1, -0.05) is 12.1 Å². The van der Waals surface area contributed by atoms with Crippen LogP contribution in [0.3, 0.4) is 0 Å². The Hall–Kier alpha value is -3.43. The van der Waals surface area contributed by atoms with Crippen molar-refractivity contribution in [3.05, 3.63) is 71.9 Å². The quantitative estimate of drug-likeness (QED) is 0.233. The molecule has 4 aromatic rings. The molecule has 7 rings (SSSR count). The van der Waals surface area contributed by atoms with Crippen LogP contribution in [0, 0.1) is 11.3 Å². The molecular formula is C35H45N9OS. The van der Waals surface area contributed by atoms with E-state index in [1.807, 2.05) is 16.9 Å². The van der Waals surface area contributed by atoms with E-state index >= 15 is 0 Å². The number of anilines is 1. The normalized spacial score (nSPS) is 19.9. The number of piperidine rings is 1. The third-order valence-corrected chi connectivity index (χ3v) is 11.1. The summed E-state index contributed by atoms with van der Waals surface area (Å²) in [6.45, 7) is 10.1. The van der Waals surface area contributed by atoms with Crippen LogP contribution in [0.2, 0.25) is 0 Å². The van der Waals surface area contributed by atoms with E-state index in [2.05, 4.69) is 79.4 Å². The lowest BCUT2D eigenvalue weighted by Gasteiger charge is -2.42. The Morgan fingerprint density at radius 3 is 2.52 bits per heavy atom. The monoisotopic (exact) mass is 639 g/mol. The van der Waals surface area contributed by atoms with Crippen LogP contribution in [0.1, 0.15) is 49.1 Å². The number of nitrogens with zero attached hydrogens (tertiary/aromatic N) is 9. The van der Waals surface area contributed by atoms with E-state index in [9.17, 15) is 5.26 Å². The van der Waals surface area contributed by atoms with Gasteiger partial charge in [0.15, 0.2) is 11.5 Å². The lowest BCUT2D eigenvalue weighted by atomic mass is 9.71. The lowest BCUT2D eigenvalue weighted by molar-refractivity contribution is 0.0132. The molecule has 0 bridgehead atoms. The second kappa shape index (κ2) is 14.1. The highest BCUT2D eigenvalue weighted by Crippen LogP contribution is 2.40. The first-order valence-electron chi connectivity index (χ1n) is 16.8. The average molecular weight is 640 g/mol. The summed E-state index contributed by atoms with van der Waals surface area (Å²) < 4.78 is 9.53. The first-order chi connectivity index (χ1) is 22.6. The van der Waals surface area contributed by atoms with E-state index in [1.165, 1.54) is 23.3 Å². The Balaban J connectivity index is 0.952. The van der Waals surface area contributed by atoms with Crippen LogP contribution in [-0.4, -0.2) is 106 Å². The molecule has 11 heteroatoms. The third-order valence-electron chi connectivity index (χ3n) is 10.4. The van der Waals surface area contributed by atoms with E-state index in [0.717, 1.165) is 101 Å². The van der Waals surface area contributed by atoms with Crippen molar-refractivity contribution in [2.24, 2.45) is 0 Å². The Bertz CT molecular complexity index is 1620. The molecule has 3 aromatic heterocycles. The number of benzene rings is 1. The van der Waals surface area contributed by atoms with Crippen LogP contribution in [0.15, 0.2) is 59.9 Å². The Morgan fingerprint density at radius 1 is 1.00 bits per heavy atom. The maximum absolute atomic E-state index is 9.73. The topological polar surface area (TPSA) is 90.8 Å².